The number of nitrogens with zero attached hydrogens (tertiary/aromatic N) is 1. The van der Waals surface area contributed by atoms with E-state index < -0.39 is 6.10 Å². The number of aliphatic hydroxyl groups is 1. The molecule has 0 aliphatic rings. The molecule has 1 N–H and O–H groups in total. The van der Waals surface area contributed by atoms with Crippen LogP contribution >= 0.6 is 11.3 Å². The second-order valence-electron chi connectivity index (χ2n) is 9.31. The average Bonchev–Trinajstić information content (AvgIpc) is 2.84. The first-order valence-corrected chi connectivity index (χ1v) is 13.4. The van der Waals surface area contributed by atoms with Crippen LogP contribution in [0.3, 0.4) is 0 Å². The number of ether oxygens (including phenoxy) is 1. The van der Waals surface area contributed by atoms with Crippen molar-refractivity contribution in [2.24, 2.45) is 0 Å². The van der Waals surface area contributed by atoms with E-state index in [1.54, 1.807) is 11.3 Å². The lowest BCUT2D eigenvalue weighted by molar-refractivity contribution is -0.931. The van der Waals surface area contributed by atoms with Crippen molar-refractivity contribution in [3.05, 3.63) is 52.7 Å². The molecule has 34 heavy (non-hydrogen) atoms. The molecule has 0 aliphatic carbocycles. The Morgan fingerprint density at radius 3 is 2.09 bits per heavy atom. The molecule has 1 aromatic heterocycles. The van der Waals surface area contributed by atoms with Crippen molar-refractivity contribution < 1.29 is 31.3 Å². The topological polar surface area (TPSA) is 46.5 Å². The van der Waals surface area contributed by atoms with E-state index in [2.05, 4.69) is 20.8 Å². The second kappa shape index (κ2) is 14.2. The van der Waals surface area contributed by atoms with E-state index in [1.165, 1.54) is 38.5 Å². The van der Waals surface area contributed by atoms with Gasteiger partial charge in [0.05, 0.1) is 19.6 Å². The number of benzene rings is 2. The number of fused-ring (bicyclic) bond motifs is 2. The minimum Gasteiger partial charge on any atom is -1.00 e. The molecule has 0 bridgehead atoms. The smallest absolute Gasteiger partial charge is 0.196 e. The molecule has 6 heteroatoms. The third-order valence-corrected chi connectivity index (χ3v) is 7.70. The molecule has 2 aromatic carbocycles. The van der Waals surface area contributed by atoms with Crippen LogP contribution in [0.25, 0.3) is 20.2 Å². The van der Waals surface area contributed by atoms with Gasteiger partial charge in [0.2, 0.25) is 0 Å². The predicted octanol–water partition coefficient (Wildman–Crippen LogP) is 3.38. The van der Waals surface area contributed by atoms with E-state index in [9.17, 15) is 9.90 Å². The number of hydrogen-bond donors (Lipinski definition) is 1. The van der Waals surface area contributed by atoms with Gasteiger partial charge in [-0.3, -0.25) is 4.79 Å². The van der Waals surface area contributed by atoms with E-state index in [1.807, 2.05) is 42.5 Å². The molecular formula is C28H40BrNO3S. The SMILES string of the molecule is CCCC[N+](CCCC)(CCCC)CC(O)COc1ccc2sc3ccccc3c(=O)c2c1.[Br-]. The molecule has 1 heterocycles. The lowest BCUT2D eigenvalue weighted by atomic mass is 10.1. The Kier molecular flexibility index (Phi) is 12.0. The summed E-state index contributed by atoms with van der Waals surface area (Å²) in [7, 11) is 0. The lowest BCUT2D eigenvalue weighted by Gasteiger charge is -2.40. The predicted molar refractivity (Wildman–Crippen MR) is 142 cm³/mol. The fraction of sp³-hybridized carbons (Fsp3) is 0.536. The maximum absolute atomic E-state index is 13.0. The maximum Gasteiger partial charge on any atom is 0.196 e. The third kappa shape index (κ3) is 7.51. The Balaban J connectivity index is 0.00000408. The van der Waals surface area contributed by atoms with Crippen LogP contribution in [0.4, 0.5) is 0 Å². The summed E-state index contributed by atoms with van der Waals surface area (Å²) in [5, 5.41) is 12.4. The Hall–Kier alpha value is -1.47. The van der Waals surface area contributed by atoms with Gasteiger partial charge in [0.15, 0.2) is 5.43 Å². The van der Waals surface area contributed by atoms with Crippen LogP contribution < -0.4 is 27.1 Å². The summed E-state index contributed by atoms with van der Waals surface area (Å²) in [5.41, 5.74) is 0.0414. The molecule has 4 nitrogen and oxygen atoms in total. The molecule has 1 atom stereocenters. The summed E-state index contributed by atoms with van der Waals surface area (Å²) in [5.74, 6) is 0.648. The lowest BCUT2D eigenvalue weighted by Crippen LogP contribution is -3.00. The van der Waals surface area contributed by atoms with Crippen LogP contribution in [0.5, 0.6) is 5.75 Å². The van der Waals surface area contributed by atoms with Crippen LogP contribution in [0, 0.1) is 0 Å². The fourth-order valence-electron chi connectivity index (χ4n) is 4.65. The third-order valence-electron chi connectivity index (χ3n) is 6.55. The highest BCUT2D eigenvalue weighted by Gasteiger charge is 2.29. The molecule has 0 amide bonds. The molecule has 1 unspecified atom stereocenters. The molecule has 188 valence electrons. The van der Waals surface area contributed by atoms with Crippen LogP contribution in [-0.4, -0.2) is 48.5 Å². The highest BCUT2D eigenvalue weighted by atomic mass is 79.9. The van der Waals surface area contributed by atoms with Crippen LogP contribution in [0.2, 0.25) is 0 Å². The van der Waals surface area contributed by atoms with Gasteiger partial charge < -0.3 is 31.3 Å². The molecular weight excluding hydrogens is 510 g/mol. The molecule has 3 rings (SSSR count). The fourth-order valence-corrected chi connectivity index (χ4v) is 5.71. The molecule has 0 fully saturated rings. The molecule has 0 saturated carbocycles. The largest absolute Gasteiger partial charge is 1.00 e. The zero-order valence-corrected chi connectivity index (χ0v) is 23.3. The summed E-state index contributed by atoms with van der Waals surface area (Å²) in [4.78, 5) is 13.0. The summed E-state index contributed by atoms with van der Waals surface area (Å²) in [6.07, 6.45) is 6.56. The first-order chi connectivity index (χ1) is 16.0. The molecule has 0 spiro atoms. The summed E-state index contributed by atoms with van der Waals surface area (Å²) in [6.45, 7) is 11.1. The Morgan fingerprint density at radius 2 is 1.47 bits per heavy atom. The van der Waals surface area contributed by atoms with Crippen LogP contribution in [0.1, 0.15) is 59.3 Å². The van der Waals surface area contributed by atoms with Gasteiger partial charge >= 0.3 is 0 Å². The zero-order valence-electron chi connectivity index (χ0n) is 20.9. The monoisotopic (exact) mass is 549 g/mol. The Labute approximate surface area is 218 Å². The first-order valence-electron chi connectivity index (χ1n) is 12.6. The van der Waals surface area contributed by atoms with Crippen molar-refractivity contribution in [1.82, 2.24) is 0 Å². The number of aliphatic hydroxyl groups excluding tert-OH is 1. The van der Waals surface area contributed by atoms with Crippen molar-refractivity contribution in [3.8, 4) is 5.75 Å². The Bertz CT molecular complexity index is 1060. The van der Waals surface area contributed by atoms with Crippen LogP contribution in [-0.2, 0) is 0 Å². The maximum atomic E-state index is 13.0. The molecule has 0 saturated heterocycles. The number of hydrogen-bond acceptors (Lipinski definition) is 4. The van der Waals surface area contributed by atoms with Gasteiger partial charge in [-0.15, -0.1) is 11.3 Å². The minimum atomic E-state index is -0.530. The van der Waals surface area contributed by atoms with Gasteiger partial charge in [-0.2, -0.15) is 0 Å². The van der Waals surface area contributed by atoms with Gasteiger partial charge in [0, 0.05) is 20.2 Å². The van der Waals surface area contributed by atoms with Gasteiger partial charge in [-0.25, -0.2) is 0 Å². The molecule has 3 aromatic rings. The second-order valence-corrected chi connectivity index (χ2v) is 10.4. The number of halogens is 1. The summed E-state index contributed by atoms with van der Waals surface area (Å²) >= 11 is 1.62. The quantitative estimate of drug-likeness (QED) is 0.247. The van der Waals surface area contributed by atoms with Crippen molar-refractivity contribution in [2.45, 2.75) is 65.4 Å². The number of quaternary nitrogens is 1. The van der Waals surface area contributed by atoms with Crippen LogP contribution in [0.15, 0.2) is 47.3 Å². The standard InChI is InChI=1S/C28H40NO3S.BrH/c1-4-7-16-29(17-8-5-2,18-9-6-3)20-22(30)21-32-23-14-15-27-25(19-23)28(31)24-12-10-11-13-26(24)33-27;/h10-15,19,22,30H,4-9,16-18,20-21H2,1-3H3;1H/q+1;/p-1. The van der Waals surface area contributed by atoms with E-state index in [-0.39, 0.29) is 29.0 Å². The minimum absolute atomic E-state index is 0. The van der Waals surface area contributed by atoms with Gasteiger partial charge in [0.1, 0.15) is 25.0 Å². The Morgan fingerprint density at radius 1 is 0.882 bits per heavy atom. The summed E-state index contributed by atoms with van der Waals surface area (Å²) < 4.78 is 8.95. The van der Waals surface area contributed by atoms with Crippen molar-refractivity contribution in [1.29, 1.82) is 0 Å². The first kappa shape index (κ1) is 28.8. The zero-order chi connectivity index (χ0) is 23.7. The van der Waals surface area contributed by atoms with Crippen molar-refractivity contribution in [3.63, 3.8) is 0 Å². The number of unbranched alkanes of at least 4 members (excludes halogenated alkanes) is 3. The summed E-state index contributed by atoms with van der Waals surface area (Å²) in [6, 6.07) is 13.4. The van der Waals surface area contributed by atoms with E-state index in [0.717, 1.165) is 45.4 Å². The molecule has 0 radical (unpaired) electrons. The highest BCUT2D eigenvalue weighted by Crippen LogP contribution is 2.27. The van der Waals surface area contributed by atoms with E-state index >= 15 is 0 Å². The van der Waals surface area contributed by atoms with Gasteiger partial charge in [-0.05, 0) is 49.6 Å². The van der Waals surface area contributed by atoms with Crippen molar-refractivity contribution >= 4 is 31.5 Å². The number of rotatable bonds is 14. The normalized spacial score (nSPS) is 12.6. The molecule has 0 aliphatic heterocycles. The average molecular weight is 551 g/mol. The van der Waals surface area contributed by atoms with Gasteiger partial charge in [-0.1, -0.05) is 52.2 Å². The van der Waals surface area contributed by atoms with E-state index in [4.69, 9.17) is 4.74 Å². The van der Waals surface area contributed by atoms with E-state index in [0.29, 0.717) is 11.1 Å². The van der Waals surface area contributed by atoms with Gasteiger partial charge in [0.25, 0.3) is 0 Å². The van der Waals surface area contributed by atoms with Crippen molar-refractivity contribution in [2.75, 3.05) is 32.8 Å². The highest BCUT2D eigenvalue weighted by molar-refractivity contribution is 7.24.